The van der Waals surface area contributed by atoms with Crippen molar-refractivity contribution in [2.75, 3.05) is 0 Å². The van der Waals surface area contributed by atoms with Crippen molar-refractivity contribution in [2.24, 2.45) is 0 Å². The summed E-state index contributed by atoms with van der Waals surface area (Å²) in [6.07, 6.45) is 8.99. The van der Waals surface area contributed by atoms with Crippen molar-refractivity contribution in [1.82, 2.24) is 0 Å². The smallest absolute Gasteiger partial charge is 0.306 e. The molecule has 1 heterocycles. The van der Waals surface area contributed by atoms with Crippen LogP contribution in [0.5, 0.6) is 0 Å². The standard InChI is InChI=1S/C10H16O2/c1-2-3-4-6-9-7-5-8-10(11)12-9/h2-3,9H,4-8H2,1H3. The summed E-state index contributed by atoms with van der Waals surface area (Å²) in [4.78, 5) is 10.9. The van der Waals surface area contributed by atoms with Gasteiger partial charge in [-0.25, -0.2) is 0 Å². The van der Waals surface area contributed by atoms with Crippen molar-refractivity contribution in [3.8, 4) is 0 Å². The minimum Gasteiger partial charge on any atom is -0.462 e. The van der Waals surface area contributed by atoms with Crippen LogP contribution >= 0.6 is 0 Å². The Kier molecular flexibility index (Phi) is 3.85. The molecule has 0 spiro atoms. The van der Waals surface area contributed by atoms with E-state index in [2.05, 4.69) is 6.08 Å². The molecule has 0 aromatic carbocycles. The van der Waals surface area contributed by atoms with Gasteiger partial charge in [-0.1, -0.05) is 12.2 Å². The highest BCUT2D eigenvalue weighted by atomic mass is 16.5. The molecule has 12 heavy (non-hydrogen) atoms. The quantitative estimate of drug-likeness (QED) is 0.478. The van der Waals surface area contributed by atoms with E-state index < -0.39 is 0 Å². The van der Waals surface area contributed by atoms with Gasteiger partial charge in [0.2, 0.25) is 0 Å². The Bertz CT molecular complexity index is 173. The molecule has 1 aliphatic rings. The zero-order valence-electron chi connectivity index (χ0n) is 7.58. The summed E-state index contributed by atoms with van der Waals surface area (Å²) >= 11 is 0. The third-order valence-electron chi connectivity index (χ3n) is 2.10. The van der Waals surface area contributed by atoms with E-state index in [9.17, 15) is 4.79 Å². The molecule has 0 aliphatic carbocycles. The molecule has 1 atom stereocenters. The van der Waals surface area contributed by atoms with Crippen LogP contribution in [-0.4, -0.2) is 12.1 Å². The Morgan fingerprint density at radius 2 is 2.50 bits per heavy atom. The number of hydrogen-bond donors (Lipinski definition) is 0. The van der Waals surface area contributed by atoms with Gasteiger partial charge in [-0.2, -0.15) is 0 Å². The number of hydrogen-bond acceptors (Lipinski definition) is 2. The summed E-state index contributed by atoms with van der Waals surface area (Å²) in [5.74, 6) is -0.0215. The lowest BCUT2D eigenvalue weighted by molar-refractivity contribution is -0.153. The second kappa shape index (κ2) is 4.96. The molecule has 1 aliphatic heterocycles. The zero-order chi connectivity index (χ0) is 8.81. The van der Waals surface area contributed by atoms with Gasteiger partial charge in [0.25, 0.3) is 0 Å². The fourth-order valence-corrected chi connectivity index (χ4v) is 1.43. The Morgan fingerprint density at radius 1 is 1.67 bits per heavy atom. The first-order valence-electron chi connectivity index (χ1n) is 4.63. The molecular formula is C10H16O2. The van der Waals surface area contributed by atoms with Gasteiger partial charge in [-0.05, 0) is 32.6 Å². The third kappa shape index (κ3) is 3.07. The predicted octanol–water partition coefficient (Wildman–Crippen LogP) is 2.44. The van der Waals surface area contributed by atoms with Gasteiger partial charge >= 0.3 is 5.97 Å². The summed E-state index contributed by atoms with van der Waals surface area (Å²) in [7, 11) is 0. The van der Waals surface area contributed by atoms with Gasteiger partial charge < -0.3 is 4.74 Å². The van der Waals surface area contributed by atoms with Crippen LogP contribution in [0.2, 0.25) is 0 Å². The zero-order valence-corrected chi connectivity index (χ0v) is 7.58. The highest BCUT2D eigenvalue weighted by molar-refractivity contribution is 5.70. The van der Waals surface area contributed by atoms with Crippen LogP contribution in [0.25, 0.3) is 0 Å². The Labute approximate surface area is 73.6 Å². The van der Waals surface area contributed by atoms with Crippen LogP contribution in [0.1, 0.15) is 39.0 Å². The maximum absolute atomic E-state index is 10.9. The van der Waals surface area contributed by atoms with E-state index in [4.69, 9.17) is 4.74 Å². The number of rotatable bonds is 3. The fourth-order valence-electron chi connectivity index (χ4n) is 1.43. The van der Waals surface area contributed by atoms with E-state index in [-0.39, 0.29) is 12.1 Å². The summed E-state index contributed by atoms with van der Waals surface area (Å²) in [6.45, 7) is 2.01. The lowest BCUT2D eigenvalue weighted by atomic mass is 10.0. The molecule has 2 heteroatoms. The molecule has 0 radical (unpaired) electrons. The second-order valence-corrected chi connectivity index (χ2v) is 3.15. The summed E-state index contributed by atoms with van der Waals surface area (Å²) in [5, 5.41) is 0. The number of cyclic esters (lactones) is 1. The number of allylic oxidation sites excluding steroid dienone is 2. The van der Waals surface area contributed by atoms with E-state index in [1.165, 1.54) is 0 Å². The van der Waals surface area contributed by atoms with E-state index in [1.54, 1.807) is 0 Å². The highest BCUT2D eigenvalue weighted by Gasteiger charge is 2.18. The molecule has 0 amide bonds. The lowest BCUT2D eigenvalue weighted by Crippen LogP contribution is -2.23. The molecule has 1 saturated heterocycles. The average Bonchev–Trinajstić information content (AvgIpc) is 2.05. The molecule has 1 rings (SSSR count). The first-order valence-corrected chi connectivity index (χ1v) is 4.63. The predicted molar refractivity (Wildman–Crippen MR) is 47.8 cm³/mol. The molecule has 1 fully saturated rings. The number of esters is 1. The van der Waals surface area contributed by atoms with Crippen LogP contribution in [0, 0.1) is 0 Å². The minimum absolute atomic E-state index is 0.0215. The van der Waals surface area contributed by atoms with E-state index >= 15 is 0 Å². The molecule has 0 bridgehead atoms. The third-order valence-corrected chi connectivity index (χ3v) is 2.10. The topological polar surface area (TPSA) is 26.3 Å². The molecule has 1 unspecified atom stereocenters. The molecule has 0 aromatic rings. The molecule has 2 nitrogen and oxygen atoms in total. The number of ether oxygens (including phenoxy) is 1. The van der Waals surface area contributed by atoms with Gasteiger partial charge in [-0.15, -0.1) is 0 Å². The van der Waals surface area contributed by atoms with E-state index in [1.807, 2.05) is 13.0 Å². The van der Waals surface area contributed by atoms with Crippen LogP contribution in [-0.2, 0) is 9.53 Å². The summed E-state index contributed by atoms with van der Waals surface area (Å²) in [6, 6.07) is 0. The first kappa shape index (κ1) is 9.30. The van der Waals surface area contributed by atoms with Crippen molar-refractivity contribution < 1.29 is 9.53 Å². The highest BCUT2D eigenvalue weighted by Crippen LogP contribution is 2.17. The van der Waals surface area contributed by atoms with Crippen LogP contribution < -0.4 is 0 Å². The van der Waals surface area contributed by atoms with Gasteiger partial charge in [0.1, 0.15) is 6.10 Å². The maximum atomic E-state index is 10.9. The van der Waals surface area contributed by atoms with E-state index in [0.717, 1.165) is 25.7 Å². The largest absolute Gasteiger partial charge is 0.462 e. The normalized spacial score (nSPS) is 24.4. The molecule has 0 aromatic heterocycles. The Hall–Kier alpha value is -0.790. The first-order chi connectivity index (χ1) is 5.83. The SMILES string of the molecule is CC=CCCC1CCCC(=O)O1. The molecule has 68 valence electrons. The Morgan fingerprint density at radius 3 is 3.17 bits per heavy atom. The molecule has 0 N–H and O–H groups in total. The Balaban J connectivity index is 2.18. The summed E-state index contributed by atoms with van der Waals surface area (Å²) in [5.41, 5.74) is 0. The minimum atomic E-state index is -0.0215. The van der Waals surface area contributed by atoms with Crippen molar-refractivity contribution >= 4 is 5.97 Å². The molecular weight excluding hydrogens is 152 g/mol. The second-order valence-electron chi connectivity index (χ2n) is 3.15. The van der Waals surface area contributed by atoms with Gasteiger partial charge in [-0.3, -0.25) is 4.79 Å². The maximum Gasteiger partial charge on any atom is 0.306 e. The van der Waals surface area contributed by atoms with Crippen LogP contribution in [0.15, 0.2) is 12.2 Å². The van der Waals surface area contributed by atoms with Gasteiger partial charge in [0, 0.05) is 6.42 Å². The average molecular weight is 168 g/mol. The van der Waals surface area contributed by atoms with Crippen molar-refractivity contribution in [3.63, 3.8) is 0 Å². The monoisotopic (exact) mass is 168 g/mol. The van der Waals surface area contributed by atoms with Crippen LogP contribution in [0.4, 0.5) is 0 Å². The molecule has 0 saturated carbocycles. The summed E-state index contributed by atoms with van der Waals surface area (Å²) < 4.78 is 5.16. The number of carbonyl (C=O) groups excluding carboxylic acids is 1. The van der Waals surface area contributed by atoms with Crippen molar-refractivity contribution in [3.05, 3.63) is 12.2 Å². The van der Waals surface area contributed by atoms with Crippen molar-refractivity contribution in [1.29, 1.82) is 0 Å². The number of carbonyl (C=O) groups is 1. The van der Waals surface area contributed by atoms with E-state index in [0.29, 0.717) is 6.42 Å². The lowest BCUT2D eigenvalue weighted by Gasteiger charge is -2.21. The van der Waals surface area contributed by atoms with Crippen molar-refractivity contribution in [2.45, 2.75) is 45.1 Å². The van der Waals surface area contributed by atoms with Gasteiger partial charge in [0.05, 0.1) is 0 Å². The van der Waals surface area contributed by atoms with Crippen LogP contribution in [0.3, 0.4) is 0 Å². The fraction of sp³-hybridized carbons (Fsp3) is 0.700. The van der Waals surface area contributed by atoms with Gasteiger partial charge in [0.15, 0.2) is 0 Å².